The molecule has 4 heteroatoms. The molecule has 4 aromatic carbocycles. The summed E-state index contributed by atoms with van der Waals surface area (Å²) in [4.78, 5) is 2.21. The van der Waals surface area contributed by atoms with E-state index in [1.165, 1.54) is 0 Å². The molecule has 0 unspecified atom stereocenters. The van der Waals surface area contributed by atoms with Gasteiger partial charge in [-0.15, -0.1) is 0 Å². The Bertz CT molecular complexity index is 980. The summed E-state index contributed by atoms with van der Waals surface area (Å²) in [6.45, 7) is 0. The number of anilines is 3. The lowest BCUT2D eigenvalue weighted by atomic mass is 9.79. The van der Waals surface area contributed by atoms with E-state index in [4.69, 9.17) is 0 Å². The third-order valence-electron chi connectivity index (χ3n) is 4.45. The second-order valence-electron chi connectivity index (χ2n) is 6.14. The number of fused-ring (bicyclic) bond motifs is 1. The van der Waals surface area contributed by atoms with Crippen molar-refractivity contribution in [1.82, 2.24) is 0 Å². The van der Waals surface area contributed by atoms with Crippen LogP contribution in [-0.2, 0) is 0 Å². The van der Waals surface area contributed by atoms with Gasteiger partial charge in [-0.05, 0) is 41.2 Å². The smallest absolute Gasteiger partial charge is 0.423 e. The van der Waals surface area contributed by atoms with Crippen LogP contribution in [0.2, 0.25) is 0 Å². The summed E-state index contributed by atoms with van der Waals surface area (Å²) >= 11 is 0. The Balaban J connectivity index is 1.94. The van der Waals surface area contributed by atoms with Gasteiger partial charge in [-0.2, -0.15) is 0 Å². The summed E-state index contributed by atoms with van der Waals surface area (Å²) in [6, 6.07) is 32.0. The zero-order valence-corrected chi connectivity index (χ0v) is 14.2. The Morgan fingerprint density at radius 2 is 1.23 bits per heavy atom. The minimum atomic E-state index is -1.47. The number of rotatable bonds is 4. The molecule has 0 heterocycles. The second-order valence-corrected chi connectivity index (χ2v) is 6.14. The van der Waals surface area contributed by atoms with Crippen LogP contribution in [0.15, 0.2) is 97.1 Å². The molecule has 0 bridgehead atoms. The maximum Gasteiger partial charge on any atom is 0.488 e. The molecule has 3 nitrogen and oxygen atoms in total. The van der Waals surface area contributed by atoms with Gasteiger partial charge in [0.1, 0.15) is 0 Å². The molecule has 0 amide bonds. The maximum absolute atomic E-state index is 9.46. The number of hydrogen-bond acceptors (Lipinski definition) is 3. The van der Waals surface area contributed by atoms with Crippen LogP contribution in [0.25, 0.3) is 10.8 Å². The van der Waals surface area contributed by atoms with E-state index in [1.807, 2.05) is 60.7 Å². The predicted octanol–water partition coefficient (Wildman–Crippen LogP) is 3.99. The summed E-state index contributed by atoms with van der Waals surface area (Å²) in [5.74, 6) is 0. The summed E-state index contributed by atoms with van der Waals surface area (Å²) in [5, 5.41) is 20.9. The second kappa shape index (κ2) is 7.04. The molecular weight excluding hydrogens is 321 g/mol. The van der Waals surface area contributed by atoms with Crippen LogP contribution >= 0.6 is 0 Å². The molecular formula is C22H18BNO2. The van der Waals surface area contributed by atoms with Crippen molar-refractivity contribution in [2.75, 3.05) is 4.90 Å². The lowest BCUT2D eigenvalue weighted by Gasteiger charge is -2.26. The summed E-state index contributed by atoms with van der Waals surface area (Å²) in [6.07, 6.45) is 0. The minimum Gasteiger partial charge on any atom is -0.423 e. The van der Waals surface area contributed by atoms with E-state index in [2.05, 4.69) is 35.2 Å². The quantitative estimate of drug-likeness (QED) is 0.553. The van der Waals surface area contributed by atoms with Gasteiger partial charge in [0.15, 0.2) is 0 Å². The Morgan fingerprint density at radius 3 is 1.81 bits per heavy atom. The van der Waals surface area contributed by atoms with Crippen molar-refractivity contribution in [2.24, 2.45) is 0 Å². The van der Waals surface area contributed by atoms with E-state index in [0.29, 0.717) is 5.46 Å². The third-order valence-corrected chi connectivity index (χ3v) is 4.45. The molecule has 0 saturated heterocycles. The lowest BCUT2D eigenvalue weighted by Crippen LogP contribution is -2.29. The van der Waals surface area contributed by atoms with Crippen molar-refractivity contribution < 1.29 is 10.0 Å². The highest BCUT2D eigenvalue weighted by atomic mass is 16.4. The summed E-state index contributed by atoms with van der Waals surface area (Å²) in [7, 11) is -1.47. The Labute approximate surface area is 152 Å². The average molecular weight is 339 g/mol. The summed E-state index contributed by atoms with van der Waals surface area (Å²) in [5.41, 5.74) is 3.66. The van der Waals surface area contributed by atoms with E-state index in [-0.39, 0.29) is 0 Å². The van der Waals surface area contributed by atoms with Crippen LogP contribution in [0.5, 0.6) is 0 Å². The summed E-state index contributed by atoms with van der Waals surface area (Å²) < 4.78 is 0. The molecule has 0 aromatic heterocycles. The first-order valence-electron chi connectivity index (χ1n) is 8.53. The number of para-hydroxylation sites is 2. The number of benzene rings is 4. The van der Waals surface area contributed by atoms with Gasteiger partial charge < -0.3 is 14.9 Å². The lowest BCUT2D eigenvalue weighted by molar-refractivity contribution is 0.426. The monoisotopic (exact) mass is 339 g/mol. The van der Waals surface area contributed by atoms with E-state index in [9.17, 15) is 10.0 Å². The Hall–Kier alpha value is -3.08. The molecule has 2 N–H and O–H groups in total. The van der Waals surface area contributed by atoms with E-state index >= 15 is 0 Å². The highest BCUT2D eigenvalue weighted by Gasteiger charge is 2.16. The molecule has 26 heavy (non-hydrogen) atoms. The van der Waals surface area contributed by atoms with Crippen LogP contribution in [0.3, 0.4) is 0 Å². The van der Waals surface area contributed by atoms with E-state index in [0.717, 1.165) is 27.8 Å². The van der Waals surface area contributed by atoms with Gasteiger partial charge in [-0.25, -0.2) is 0 Å². The molecule has 0 saturated carbocycles. The number of hydrogen-bond donors (Lipinski definition) is 2. The largest absolute Gasteiger partial charge is 0.488 e. The van der Waals surface area contributed by atoms with Crippen molar-refractivity contribution in [3.63, 3.8) is 0 Å². The van der Waals surface area contributed by atoms with Crippen LogP contribution in [0.1, 0.15) is 0 Å². The van der Waals surface area contributed by atoms with Gasteiger partial charge in [-0.3, -0.25) is 0 Å². The van der Waals surface area contributed by atoms with Crippen molar-refractivity contribution in [1.29, 1.82) is 0 Å². The van der Waals surface area contributed by atoms with E-state index in [1.54, 1.807) is 6.07 Å². The topological polar surface area (TPSA) is 43.7 Å². The molecule has 0 radical (unpaired) electrons. The molecule has 4 aromatic rings. The molecule has 0 aliphatic heterocycles. The van der Waals surface area contributed by atoms with Gasteiger partial charge in [0.2, 0.25) is 0 Å². The van der Waals surface area contributed by atoms with Gasteiger partial charge in [0, 0.05) is 16.8 Å². The fourth-order valence-electron chi connectivity index (χ4n) is 3.22. The van der Waals surface area contributed by atoms with Crippen molar-refractivity contribution >= 4 is 40.4 Å². The van der Waals surface area contributed by atoms with Gasteiger partial charge in [0.05, 0.1) is 5.69 Å². The normalized spacial score (nSPS) is 10.7. The predicted molar refractivity (Wildman–Crippen MR) is 108 cm³/mol. The molecule has 0 spiro atoms. The maximum atomic E-state index is 9.46. The molecule has 0 aliphatic rings. The first kappa shape index (κ1) is 16.4. The fourth-order valence-corrected chi connectivity index (χ4v) is 3.22. The van der Waals surface area contributed by atoms with Gasteiger partial charge in [0.25, 0.3) is 0 Å². The first-order valence-corrected chi connectivity index (χ1v) is 8.53. The van der Waals surface area contributed by atoms with Crippen LogP contribution in [0, 0.1) is 0 Å². The van der Waals surface area contributed by atoms with Crippen LogP contribution < -0.4 is 10.4 Å². The van der Waals surface area contributed by atoms with Crippen molar-refractivity contribution in [3.05, 3.63) is 97.1 Å². The Morgan fingerprint density at radius 1 is 0.615 bits per heavy atom. The minimum absolute atomic E-state index is 0.487. The zero-order chi connectivity index (χ0) is 17.9. The van der Waals surface area contributed by atoms with Gasteiger partial charge >= 0.3 is 7.12 Å². The molecule has 126 valence electrons. The van der Waals surface area contributed by atoms with Crippen molar-refractivity contribution in [3.8, 4) is 0 Å². The zero-order valence-electron chi connectivity index (χ0n) is 14.2. The van der Waals surface area contributed by atoms with Gasteiger partial charge in [-0.1, -0.05) is 66.7 Å². The standard InChI is InChI=1S/C22H18BNO2/c25-23(26)18-14-15-21-17(16-18)8-7-13-22(21)24(19-9-3-1-4-10-19)20-11-5-2-6-12-20/h1-16,25-26H. The third kappa shape index (κ3) is 3.08. The average Bonchev–Trinajstić information content (AvgIpc) is 2.69. The van der Waals surface area contributed by atoms with E-state index < -0.39 is 7.12 Å². The first-order chi connectivity index (χ1) is 12.7. The number of nitrogens with zero attached hydrogens (tertiary/aromatic N) is 1. The molecule has 0 aliphatic carbocycles. The molecule has 4 rings (SSSR count). The van der Waals surface area contributed by atoms with Crippen LogP contribution in [-0.4, -0.2) is 17.2 Å². The highest BCUT2D eigenvalue weighted by molar-refractivity contribution is 6.58. The highest BCUT2D eigenvalue weighted by Crippen LogP contribution is 2.38. The Kier molecular flexibility index (Phi) is 4.44. The molecule has 0 fully saturated rings. The molecule has 0 atom stereocenters. The van der Waals surface area contributed by atoms with Crippen molar-refractivity contribution in [2.45, 2.75) is 0 Å². The SMILES string of the molecule is OB(O)c1ccc2c(N(c3ccccc3)c3ccccc3)cccc2c1. The fraction of sp³-hybridized carbons (Fsp3) is 0. The van der Waals surface area contributed by atoms with Crippen LogP contribution in [0.4, 0.5) is 17.1 Å².